The third kappa shape index (κ3) is 2.68. The van der Waals surface area contributed by atoms with Crippen molar-refractivity contribution in [3.05, 3.63) is 47.5 Å². The zero-order chi connectivity index (χ0) is 16.1. The Morgan fingerprint density at radius 3 is 2.09 bits per heavy atom. The highest BCUT2D eigenvalue weighted by atomic mass is 28.3. The van der Waals surface area contributed by atoms with Crippen molar-refractivity contribution in [2.75, 3.05) is 0 Å². The summed E-state index contributed by atoms with van der Waals surface area (Å²) >= 11 is 0. The molecule has 0 fully saturated rings. The number of fused-ring (bicyclic) bond motifs is 2. The van der Waals surface area contributed by atoms with Crippen LogP contribution in [0.5, 0.6) is 11.5 Å². The normalized spacial score (nSPS) is 14.1. The number of hydrogen-bond donors (Lipinski definition) is 0. The highest BCUT2D eigenvalue weighted by Gasteiger charge is 2.33. The smallest absolute Gasteiger partial charge is 0.130 e. The van der Waals surface area contributed by atoms with E-state index in [9.17, 15) is 0 Å². The Morgan fingerprint density at radius 1 is 0.773 bits per heavy atom. The molecule has 1 heterocycles. The van der Waals surface area contributed by atoms with Crippen molar-refractivity contribution in [3.63, 3.8) is 0 Å². The minimum absolute atomic E-state index is 1.02. The molecule has 0 spiro atoms. The molecular formula is C19H26OSi2. The van der Waals surface area contributed by atoms with Gasteiger partial charge >= 0.3 is 0 Å². The van der Waals surface area contributed by atoms with Gasteiger partial charge in [0.2, 0.25) is 0 Å². The fourth-order valence-corrected chi connectivity index (χ4v) is 9.18. The highest BCUT2D eigenvalue weighted by Crippen LogP contribution is 2.36. The van der Waals surface area contributed by atoms with Gasteiger partial charge in [-0.3, -0.25) is 0 Å². The van der Waals surface area contributed by atoms with Crippen LogP contribution in [0.25, 0.3) is 0 Å². The molecule has 0 unspecified atom stereocenters. The first-order valence-corrected chi connectivity index (χ1v) is 15.1. The average molecular weight is 327 g/mol. The number of benzene rings is 2. The summed E-state index contributed by atoms with van der Waals surface area (Å²) in [6.07, 6.45) is 1.02. The molecule has 2 aromatic carbocycles. The molecule has 3 rings (SSSR count). The van der Waals surface area contributed by atoms with Crippen molar-refractivity contribution in [1.29, 1.82) is 0 Å². The lowest BCUT2D eigenvalue weighted by atomic mass is 10.0. The van der Waals surface area contributed by atoms with Crippen molar-refractivity contribution < 1.29 is 4.74 Å². The summed E-state index contributed by atoms with van der Waals surface area (Å²) < 4.78 is 6.22. The first-order valence-electron chi connectivity index (χ1n) is 8.10. The molecule has 0 aromatic heterocycles. The van der Waals surface area contributed by atoms with Gasteiger partial charge in [-0.05, 0) is 23.3 Å². The molecule has 0 aliphatic carbocycles. The highest BCUT2D eigenvalue weighted by molar-refractivity contribution is 6.98. The summed E-state index contributed by atoms with van der Waals surface area (Å²) in [5.41, 5.74) is 2.78. The van der Waals surface area contributed by atoms with Gasteiger partial charge in [0.05, 0.1) is 16.1 Å². The molecule has 0 saturated carbocycles. The van der Waals surface area contributed by atoms with E-state index in [1.54, 1.807) is 10.4 Å². The van der Waals surface area contributed by atoms with Crippen LogP contribution in [0.15, 0.2) is 36.4 Å². The molecule has 3 heteroatoms. The maximum Gasteiger partial charge on any atom is 0.130 e. The summed E-state index contributed by atoms with van der Waals surface area (Å²) in [5, 5.41) is 3.28. The molecule has 1 nitrogen and oxygen atoms in total. The molecule has 116 valence electrons. The molecule has 0 atom stereocenters. The lowest BCUT2D eigenvalue weighted by molar-refractivity contribution is 0.461. The van der Waals surface area contributed by atoms with Gasteiger partial charge in [0.15, 0.2) is 0 Å². The van der Waals surface area contributed by atoms with Crippen LogP contribution in [0.1, 0.15) is 11.1 Å². The van der Waals surface area contributed by atoms with Gasteiger partial charge in [-0.15, -0.1) is 0 Å². The Morgan fingerprint density at radius 2 is 1.45 bits per heavy atom. The van der Waals surface area contributed by atoms with E-state index >= 15 is 0 Å². The fraction of sp³-hybridized carbons (Fsp3) is 0.368. The maximum atomic E-state index is 6.22. The average Bonchev–Trinajstić information content (AvgIpc) is 2.41. The van der Waals surface area contributed by atoms with E-state index in [0.29, 0.717) is 0 Å². The Hall–Kier alpha value is -1.33. The second-order valence-corrected chi connectivity index (χ2v) is 18.4. The lowest BCUT2D eigenvalue weighted by Crippen LogP contribution is -2.58. The Bertz CT molecular complexity index is 721. The zero-order valence-electron chi connectivity index (χ0n) is 14.6. The molecule has 0 amide bonds. The van der Waals surface area contributed by atoms with Crippen molar-refractivity contribution in [2.24, 2.45) is 0 Å². The van der Waals surface area contributed by atoms with Crippen molar-refractivity contribution >= 4 is 26.5 Å². The maximum absolute atomic E-state index is 6.22. The summed E-state index contributed by atoms with van der Waals surface area (Å²) in [6, 6.07) is 13.0. The predicted molar refractivity (Wildman–Crippen MR) is 102 cm³/mol. The first-order chi connectivity index (χ1) is 10.2. The molecular weight excluding hydrogens is 300 g/mol. The molecule has 22 heavy (non-hydrogen) atoms. The van der Waals surface area contributed by atoms with Crippen molar-refractivity contribution in [3.8, 4) is 11.5 Å². The number of rotatable bonds is 2. The van der Waals surface area contributed by atoms with E-state index < -0.39 is 16.1 Å². The molecule has 0 radical (unpaired) electrons. The lowest BCUT2D eigenvalue weighted by Gasteiger charge is -2.33. The zero-order valence-corrected chi connectivity index (χ0v) is 16.6. The van der Waals surface area contributed by atoms with Crippen LogP contribution >= 0.6 is 0 Å². The summed E-state index contributed by atoms with van der Waals surface area (Å²) in [7, 11) is -2.79. The SMILES string of the molecule is C[Si](C)(C)c1ccc2c(c1[Si](C)(C)C)Cc1ccccc1O2. The summed E-state index contributed by atoms with van der Waals surface area (Å²) in [4.78, 5) is 0. The van der Waals surface area contributed by atoms with Gasteiger partial charge in [0, 0.05) is 6.42 Å². The largest absolute Gasteiger partial charge is 0.457 e. The number of ether oxygens (including phenoxy) is 1. The quantitative estimate of drug-likeness (QED) is 0.631. The fourth-order valence-electron chi connectivity index (χ4n) is 3.44. The Kier molecular flexibility index (Phi) is 3.61. The molecule has 1 aliphatic heterocycles. The third-order valence-electron chi connectivity index (χ3n) is 4.39. The molecule has 0 N–H and O–H groups in total. The van der Waals surface area contributed by atoms with E-state index in [1.165, 1.54) is 11.1 Å². The topological polar surface area (TPSA) is 9.23 Å². The van der Waals surface area contributed by atoms with Crippen LogP contribution in [0, 0.1) is 0 Å². The van der Waals surface area contributed by atoms with Crippen molar-refractivity contribution in [2.45, 2.75) is 45.7 Å². The van der Waals surface area contributed by atoms with E-state index in [1.807, 2.05) is 0 Å². The van der Waals surface area contributed by atoms with E-state index in [0.717, 1.165) is 17.9 Å². The van der Waals surface area contributed by atoms with Gasteiger partial charge in [0.25, 0.3) is 0 Å². The van der Waals surface area contributed by atoms with Crippen LogP contribution in [-0.4, -0.2) is 16.1 Å². The van der Waals surface area contributed by atoms with Crippen LogP contribution in [0.4, 0.5) is 0 Å². The number of hydrogen-bond acceptors (Lipinski definition) is 1. The monoisotopic (exact) mass is 326 g/mol. The minimum atomic E-state index is -1.43. The summed E-state index contributed by atoms with van der Waals surface area (Å²) in [5.74, 6) is 2.11. The van der Waals surface area contributed by atoms with Gasteiger partial charge in [-0.1, -0.05) is 73.9 Å². The van der Waals surface area contributed by atoms with Gasteiger partial charge in [-0.2, -0.15) is 0 Å². The summed E-state index contributed by atoms with van der Waals surface area (Å²) in [6.45, 7) is 14.8. The van der Waals surface area contributed by atoms with E-state index in [-0.39, 0.29) is 0 Å². The van der Waals surface area contributed by atoms with Crippen LogP contribution in [0.3, 0.4) is 0 Å². The van der Waals surface area contributed by atoms with Crippen LogP contribution < -0.4 is 15.1 Å². The van der Waals surface area contributed by atoms with Gasteiger partial charge < -0.3 is 4.74 Å². The standard InChI is InChI=1S/C19H26OSi2/c1-21(2,3)18-12-11-17-15(19(18)22(4,5)6)13-14-9-7-8-10-16(14)20-17/h7-12H,13H2,1-6H3. The van der Waals surface area contributed by atoms with Gasteiger partial charge in [0.1, 0.15) is 11.5 Å². The van der Waals surface area contributed by atoms with Crippen LogP contribution in [0.2, 0.25) is 39.3 Å². The van der Waals surface area contributed by atoms with Gasteiger partial charge in [-0.25, -0.2) is 0 Å². The second-order valence-electron chi connectivity index (χ2n) is 8.35. The Balaban J connectivity index is 2.24. The predicted octanol–water partition coefficient (Wildman–Crippen LogP) is 4.47. The molecule has 0 saturated heterocycles. The third-order valence-corrected chi connectivity index (χ3v) is 8.74. The first kappa shape index (κ1) is 15.6. The molecule has 1 aliphatic rings. The number of para-hydroxylation sites is 1. The second kappa shape index (κ2) is 5.10. The van der Waals surface area contributed by atoms with E-state index in [4.69, 9.17) is 4.74 Å². The molecule has 2 aromatic rings. The Labute approximate surface area is 136 Å². The minimum Gasteiger partial charge on any atom is -0.457 e. The van der Waals surface area contributed by atoms with E-state index in [2.05, 4.69) is 75.7 Å². The molecule has 0 bridgehead atoms. The van der Waals surface area contributed by atoms with Crippen LogP contribution in [-0.2, 0) is 6.42 Å². The van der Waals surface area contributed by atoms with Crippen molar-refractivity contribution in [1.82, 2.24) is 0 Å².